The standard InChI is InChI=1S/C18H12Cl2N2O3/c19-15-7-3-12(9-16(15)20)4-8-18(24)25-11-17(23)22-14-5-1-13(10-21)2-6-14/h1-9H,11H2,(H,22,23)/b8-4+. The van der Waals surface area contributed by atoms with Crippen LogP contribution in [-0.4, -0.2) is 18.5 Å². The minimum absolute atomic E-state index is 0.374. The van der Waals surface area contributed by atoms with E-state index in [0.29, 0.717) is 26.9 Å². The van der Waals surface area contributed by atoms with Crippen molar-refractivity contribution in [3.05, 3.63) is 69.7 Å². The smallest absolute Gasteiger partial charge is 0.331 e. The predicted octanol–water partition coefficient (Wildman–Crippen LogP) is 4.06. The van der Waals surface area contributed by atoms with Crippen LogP contribution in [0.3, 0.4) is 0 Å². The van der Waals surface area contributed by atoms with Gasteiger partial charge in [-0.2, -0.15) is 5.26 Å². The SMILES string of the molecule is N#Cc1ccc(NC(=O)COC(=O)/C=C/c2ccc(Cl)c(Cl)c2)cc1. The summed E-state index contributed by atoms with van der Waals surface area (Å²) >= 11 is 11.7. The minimum Gasteiger partial charge on any atom is -0.452 e. The van der Waals surface area contributed by atoms with Crippen LogP contribution >= 0.6 is 23.2 Å². The molecule has 25 heavy (non-hydrogen) atoms. The molecule has 1 N–H and O–H groups in total. The van der Waals surface area contributed by atoms with Crippen LogP contribution in [0.25, 0.3) is 6.08 Å². The van der Waals surface area contributed by atoms with Crippen molar-refractivity contribution in [2.45, 2.75) is 0 Å². The monoisotopic (exact) mass is 374 g/mol. The van der Waals surface area contributed by atoms with Gasteiger partial charge in [-0.1, -0.05) is 29.3 Å². The van der Waals surface area contributed by atoms with Gasteiger partial charge in [-0.3, -0.25) is 4.79 Å². The Balaban J connectivity index is 1.82. The average molecular weight is 375 g/mol. The van der Waals surface area contributed by atoms with E-state index in [9.17, 15) is 9.59 Å². The number of nitriles is 1. The molecular formula is C18H12Cl2N2O3. The van der Waals surface area contributed by atoms with Gasteiger partial charge in [0.2, 0.25) is 0 Å². The molecule has 2 aromatic rings. The Hall–Kier alpha value is -2.81. The van der Waals surface area contributed by atoms with Gasteiger partial charge >= 0.3 is 5.97 Å². The van der Waals surface area contributed by atoms with E-state index in [1.165, 1.54) is 12.2 Å². The number of amides is 1. The number of nitrogens with one attached hydrogen (secondary N) is 1. The molecule has 2 aromatic carbocycles. The first-order valence-electron chi connectivity index (χ1n) is 7.08. The maximum Gasteiger partial charge on any atom is 0.331 e. The van der Waals surface area contributed by atoms with Crippen LogP contribution in [0.4, 0.5) is 5.69 Å². The van der Waals surface area contributed by atoms with Crippen molar-refractivity contribution in [3.63, 3.8) is 0 Å². The quantitative estimate of drug-likeness (QED) is 0.631. The number of halogens is 2. The number of benzene rings is 2. The lowest BCUT2D eigenvalue weighted by atomic mass is 10.2. The molecular weight excluding hydrogens is 363 g/mol. The average Bonchev–Trinajstić information content (AvgIpc) is 2.61. The first-order valence-corrected chi connectivity index (χ1v) is 7.83. The maximum absolute atomic E-state index is 11.7. The zero-order valence-corrected chi connectivity index (χ0v) is 14.3. The number of carbonyl (C=O) groups is 2. The van der Waals surface area contributed by atoms with Crippen molar-refractivity contribution in [3.8, 4) is 6.07 Å². The van der Waals surface area contributed by atoms with E-state index in [2.05, 4.69) is 5.32 Å². The molecule has 1 amide bonds. The topological polar surface area (TPSA) is 79.2 Å². The Bertz CT molecular complexity index is 856. The summed E-state index contributed by atoms with van der Waals surface area (Å²) in [5.74, 6) is -1.15. The number of hydrogen-bond acceptors (Lipinski definition) is 4. The normalized spacial score (nSPS) is 10.3. The third-order valence-electron chi connectivity index (χ3n) is 3.00. The van der Waals surface area contributed by atoms with E-state index >= 15 is 0 Å². The van der Waals surface area contributed by atoms with Gasteiger partial charge < -0.3 is 10.1 Å². The van der Waals surface area contributed by atoms with Gasteiger partial charge in [-0.05, 0) is 48.0 Å². The number of carbonyl (C=O) groups excluding carboxylic acids is 2. The van der Waals surface area contributed by atoms with Gasteiger partial charge in [-0.15, -0.1) is 0 Å². The summed E-state index contributed by atoms with van der Waals surface area (Å²) in [7, 11) is 0. The highest BCUT2D eigenvalue weighted by Gasteiger charge is 2.06. The van der Waals surface area contributed by atoms with Crippen molar-refractivity contribution in [2.75, 3.05) is 11.9 Å². The van der Waals surface area contributed by atoms with Gasteiger partial charge in [0.1, 0.15) is 0 Å². The summed E-state index contributed by atoms with van der Waals surface area (Å²) in [5, 5.41) is 12.0. The highest BCUT2D eigenvalue weighted by molar-refractivity contribution is 6.42. The molecule has 0 radical (unpaired) electrons. The minimum atomic E-state index is -0.666. The Kier molecular flexibility index (Phi) is 6.58. The highest BCUT2D eigenvalue weighted by atomic mass is 35.5. The Morgan fingerprint density at radius 3 is 2.48 bits per heavy atom. The second-order valence-electron chi connectivity index (χ2n) is 4.85. The molecule has 0 saturated carbocycles. The number of nitrogens with zero attached hydrogens (tertiary/aromatic N) is 1. The van der Waals surface area contributed by atoms with Crippen molar-refractivity contribution in [1.82, 2.24) is 0 Å². The lowest BCUT2D eigenvalue weighted by Crippen LogP contribution is -2.20. The number of esters is 1. The van der Waals surface area contributed by atoms with Gasteiger partial charge in [0, 0.05) is 11.8 Å². The zero-order valence-electron chi connectivity index (χ0n) is 12.8. The summed E-state index contributed by atoms with van der Waals surface area (Å²) in [5.41, 5.74) is 1.66. The molecule has 0 saturated heterocycles. The van der Waals surface area contributed by atoms with Crippen LogP contribution in [0.2, 0.25) is 10.0 Å². The predicted molar refractivity (Wildman–Crippen MR) is 96.2 cm³/mol. The van der Waals surface area contributed by atoms with E-state index < -0.39 is 18.5 Å². The molecule has 0 aliphatic heterocycles. The highest BCUT2D eigenvalue weighted by Crippen LogP contribution is 2.23. The number of anilines is 1. The molecule has 0 aromatic heterocycles. The Morgan fingerprint density at radius 1 is 1.12 bits per heavy atom. The molecule has 0 aliphatic carbocycles. The second kappa shape index (κ2) is 8.88. The third kappa shape index (κ3) is 5.96. The van der Waals surface area contributed by atoms with E-state index in [-0.39, 0.29) is 0 Å². The van der Waals surface area contributed by atoms with E-state index in [4.69, 9.17) is 33.2 Å². The molecule has 7 heteroatoms. The fourth-order valence-corrected chi connectivity index (χ4v) is 2.10. The molecule has 0 atom stereocenters. The van der Waals surface area contributed by atoms with Gasteiger partial charge in [0.25, 0.3) is 5.91 Å². The van der Waals surface area contributed by atoms with Gasteiger partial charge in [0.15, 0.2) is 6.61 Å². The van der Waals surface area contributed by atoms with E-state index in [1.54, 1.807) is 42.5 Å². The summed E-state index contributed by atoms with van der Waals surface area (Å²) in [6.45, 7) is -0.426. The zero-order chi connectivity index (χ0) is 18.2. The van der Waals surface area contributed by atoms with Crippen LogP contribution in [-0.2, 0) is 14.3 Å². The van der Waals surface area contributed by atoms with Crippen LogP contribution in [0, 0.1) is 11.3 Å². The summed E-state index contributed by atoms with van der Waals surface area (Å²) < 4.78 is 4.85. The van der Waals surface area contributed by atoms with Crippen molar-refractivity contribution < 1.29 is 14.3 Å². The van der Waals surface area contributed by atoms with Crippen molar-refractivity contribution in [2.24, 2.45) is 0 Å². The second-order valence-corrected chi connectivity index (χ2v) is 5.67. The van der Waals surface area contributed by atoms with E-state index in [0.717, 1.165) is 0 Å². The molecule has 5 nitrogen and oxygen atoms in total. The first kappa shape index (κ1) is 18.5. The number of rotatable bonds is 5. The van der Waals surface area contributed by atoms with Gasteiger partial charge in [-0.25, -0.2) is 4.79 Å². The van der Waals surface area contributed by atoms with Crippen LogP contribution in [0.5, 0.6) is 0 Å². The molecule has 0 heterocycles. The molecule has 0 aliphatic rings. The summed E-state index contributed by atoms with van der Waals surface area (Å²) in [6, 6.07) is 13.2. The van der Waals surface area contributed by atoms with Crippen LogP contribution < -0.4 is 5.32 Å². The molecule has 126 valence electrons. The molecule has 0 fully saturated rings. The lowest BCUT2D eigenvalue weighted by Gasteiger charge is -2.05. The summed E-state index contributed by atoms with van der Waals surface area (Å²) in [4.78, 5) is 23.3. The van der Waals surface area contributed by atoms with Crippen molar-refractivity contribution in [1.29, 1.82) is 5.26 Å². The largest absolute Gasteiger partial charge is 0.452 e. The first-order chi connectivity index (χ1) is 12.0. The van der Waals surface area contributed by atoms with Crippen molar-refractivity contribution >= 4 is 46.8 Å². The Labute approximate surface area is 154 Å². The number of ether oxygens (including phenoxy) is 1. The van der Waals surface area contributed by atoms with Crippen LogP contribution in [0.15, 0.2) is 48.5 Å². The maximum atomic E-state index is 11.7. The molecule has 2 rings (SSSR count). The third-order valence-corrected chi connectivity index (χ3v) is 3.74. The molecule has 0 bridgehead atoms. The summed E-state index contributed by atoms with van der Waals surface area (Å²) in [6.07, 6.45) is 2.69. The van der Waals surface area contributed by atoms with Crippen LogP contribution in [0.1, 0.15) is 11.1 Å². The van der Waals surface area contributed by atoms with Gasteiger partial charge in [0.05, 0.1) is 21.7 Å². The van der Waals surface area contributed by atoms with E-state index in [1.807, 2.05) is 6.07 Å². The molecule has 0 unspecified atom stereocenters. The fourth-order valence-electron chi connectivity index (χ4n) is 1.79. The molecule has 0 spiro atoms. The lowest BCUT2D eigenvalue weighted by molar-refractivity contribution is -0.142. The fraction of sp³-hybridized carbons (Fsp3) is 0.0556. The number of hydrogen-bond donors (Lipinski definition) is 1. The Morgan fingerprint density at radius 2 is 1.84 bits per heavy atom.